The Hall–Kier alpha value is -3.51. The molecule has 2 saturated heterocycles. The first-order chi connectivity index (χ1) is 16.4. The molecule has 2 aromatic heterocycles. The van der Waals surface area contributed by atoms with Gasteiger partial charge in [-0.1, -0.05) is 17.8 Å². The summed E-state index contributed by atoms with van der Waals surface area (Å²) in [6.45, 7) is 1.22. The first-order valence-electron chi connectivity index (χ1n) is 10.8. The lowest BCUT2D eigenvalue weighted by Crippen LogP contribution is -2.31. The SMILES string of the molecule is Cn1ccc(-c2nnc(S[C@H]3CC(=O)N(c4cccc(C(=O)O)c4)C3=O)n2C[C@@H]2CCCO2)n1. The van der Waals surface area contributed by atoms with Crippen LogP contribution < -0.4 is 4.90 Å². The van der Waals surface area contributed by atoms with Crippen molar-refractivity contribution in [2.75, 3.05) is 11.5 Å². The highest BCUT2D eigenvalue weighted by molar-refractivity contribution is 8.00. The number of anilines is 1. The van der Waals surface area contributed by atoms with E-state index in [1.165, 1.54) is 30.0 Å². The fraction of sp³-hybridized carbons (Fsp3) is 0.364. The summed E-state index contributed by atoms with van der Waals surface area (Å²) >= 11 is 1.18. The molecule has 1 aromatic carbocycles. The van der Waals surface area contributed by atoms with Crippen molar-refractivity contribution in [3.63, 3.8) is 0 Å². The molecule has 34 heavy (non-hydrogen) atoms. The van der Waals surface area contributed by atoms with Gasteiger partial charge in [-0.25, -0.2) is 9.69 Å². The quantitative estimate of drug-likeness (QED) is 0.502. The second-order valence-electron chi connectivity index (χ2n) is 8.16. The van der Waals surface area contributed by atoms with Crippen molar-refractivity contribution in [1.29, 1.82) is 0 Å². The molecule has 0 radical (unpaired) electrons. The number of hydrogen-bond acceptors (Lipinski definition) is 8. The summed E-state index contributed by atoms with van der Waals surface area (Å²) in [6.07, 6.45) is 3.70. The zero-order chi connectivity index (χ0) is 23.8. The topological polar surface area (TPSA) is 132 Å². The highest BCUT2D eigenvalue weighted by Gasteiger charge is 2.41. The number of thioether (sulfide) groups is 1. The molecule has 2 atom stereocenters. The molecule has 12 heteroatoms. The van der Waals surface area contributed by atoms with Crippen LogP contribution >= 0.6 is 11.8 Å². The van der Waals surface area contributed by atoms with E-state index in [9.17, 15) is 19.5 Å². The predicted molar refractivity (Wildman–Crippen MR) is 121 cm³/mol. The summed E-state index contributed by atoms with van der Waals surface area (Å²) in [5.41, 5.74) is 0.902. The van der Waals surface area contributed by atoms with Crippen LogP contribution in [0.15, 0.2) is 41.7 Å². The molecule has 4 heterocycles. The van der Waals surface area contributed by atoms with Crippen LogP contribution in [0.5, 0.6) is 0 Å². The summed E-state index contributed by atoms with van der Waals surface area (Å²) in [5, 5.41) is 22.1. The van der Waals surface area contributed by atoms with Crippen molar-refractivity contribution in [2.45, 2.75) is 42.3 Å². The Kier molecular flexibility index (Phi) is 5.92. The van der Waals surface area contributed by atoms with Crippen molar-refractivity contribution in [2.24, 2.45) is 7.05 Å². The van der Waals surface area contributed by atoms with Gasteiger partial charge >= 0.3 is 5.97 Å². The van der Waals surface area contributed by atoms with Gasteiger partial charge in [0.25, 0.3) is 0 Å². The molecule has 1 N–H and O–H groups in total. The smallest absolute Gasteiger partial charge is 0.335 e. The molecular weight excluding hydrogens is 460 g/mol. The third kappa shape index (κ3) is 4.21. The summed E-state index contributed by atoms with van der Waals surface area (Å²) in [7, 11) is 1.82. The minimum absolute atomic E-state index is 0.00510. The standard InChI is InChI=1S/C22H22N6O5S/c1-26-8-7-16(25-26)19-23-24-22(27(19)12-15-6-3-9-33-15)34-17-11-18(29)28(20(17)30)14-5-2-4-13(10-14)21(31)32/h2,4-5,7-8,10,15,17H,3,6,9,11-12H2,1H3,(H,31,32)/t15-,17-/m0/s1. The molecule has 0 unspecified atom stereocenters. The molecular formula is C22H22N6O5S. The van der Waals surface area contributed by atoms with E-state index in [4.69, 9.17) is 4.74 Å². The number of aryl methyl sites for hydroxylation is 1. The average Bonchev–Trinajstić information content (AvgIpc) is 3.59. The number of ether oxygens (including phenoxy) is 1. The number of aromatic nitrogens is 5. The number of carboxylic acid groups (broad SMARTS) is 1. The molecule has 0 aliphatic carbocycles. The lowest BCUT2D eigenvalue weighted by molar-refractivity contribution is -0.121. The Bertz CT molecular complexity index is 1260. The number of rotatable bonds is 7. The second kappa shape index (κ2) is 9.03. The first kappa shape index (κ1) is 22.3. The van der Waals surface area contributed by atoms with Gasteiger partial charge in [-0.15, -0.1) is 10.2 Å². The van der Waals surface area contributed by atoms with Gasteiger partial charge in [-0.3, -0.25) is 18.8 Å². The number of nitrogens with zero attached hydrogens (tertiary/aromatic N) is 6. The molecule has 0 saturated carbocycles. The van der Waals surface area contributed by atoms with Crippen LogP contribution in [0.4, 0.5) is 5.69 Å². The molecule has 5 rings (SSSR count). The van der Waals surface area contributed by atoms with Gasteiger partial charge in [0.15, 0.2) is 11.0 Å². The number of aromatic carboxylic acids is 1. The Morgan fingerprint density at radius 3 is 2.82 bits per heavy atom. The normalized spacial score (nSPS) is 20.4. The number of benzene rings is 1. The number of carboxylic acids is 1. The third-order valence-electron chi connectivity index (χ3n) is 5.77. The fourth-order valence-corrected chi connectivity index (χ4v) is 5.19. The third-order valence-corrected chi connectivity index (χ3v) is 6.94. The number of hydrogen-bond donors (Lipinski definition) is 1. The summed E-state index contributed by atoms with van der Waals surface area (Å²) in [5.74, 6) is -1.36. The van der Waals surface area contributed by atoms with Crippen molar-refractivity contribution >= 4 is 35.2 Å². The molecule has 176 valence electrons. The van der Waals surface area contributed by atoms with E-state index in [2.05, 4.69) is 15.3 Å². The summed E-state index contributed by atoms with van der Waals surface area (Å²) in [4.78, 5) is 38.3. The van der Waals surface area contributed by atoms with Gasteiger partial charge in [-0.2, -0.15) is 5.10 Å². The van der Waals surface area contributed by atoms with Gasteiger partial charge in [0.2, 0.25) is 11.8 Å². The summed E-state index contributed by atoms with van der Waals surface area (Å²) in [6, 6.07) is 7.64. The van der Waals surface area contributed by atoms with Gasteiger partial charge in [0.05, 0.1) is 23.9 Å². The van der Waals surface area contributed by atoms with Crippen LogP contribution in [0.3, 0.4) is 0 Å². The Labute approximate surface area is 198 Å². The number of imide groups is 1. The van der Waals surface area contributed by atoms with Crippen molar-refractivity contribution in [1.82, 2.24) is 24.5 Å². The Morgan fingerprint density at radius 1 is 1.26 bits per heavy atom. The minimum Gasteiger partial charge on any atom is -0.478 e. The molecule has 3 aromatic rings. The van der Waals surface area contributed by atoms with E-state index >= 15 is 0 Å². The van der Waals surface area contributed by atoms with Crippen LogP contribution in [0.25, 0.3) is 11.5 Å². The highest BCUT2D eigenvalue weighted by Crippen LogP contribution is 2.35. The second-order valence-corrected chi connectivity index (χ2v) is 9.33. The van der Waals surface area contributed by atoms with E-state index in [1.54, 1.807) is 10.7 Å². The Balaban J connectivity index is 1.42. The summed E-state index contributed by atoms with van der Waals surface area (Å²) < 4.78 is 9.38. The van der Waals surface area contributed by atoms with Gasteiger partial charge in [0.1, 0.15) is 10.9 Å². The molecule has 0 spiro atoms. The largest absolute Gasteiger partial charge is 0.478 e. The molecule has 0 bridgehead atoms. The van der Waals surface area contributed by atoms with Crippen LogP contribution in [0, 0.1) is 0 Å². The van der Waals surface area contributed by atoms with Crippen LogP contribution in [0.2, 0.25) is 0 Å². The van der Waals surface area contributed by atoms with Crippen LogP contribution in [-0.2, 0) is 27.9 Å². The monoisotopic (exact) mass is 482 g/mol. The fourth-order valence-electron chi connectivity index (χ4n) is 4.13. The first-order valence-corrected chi connectivity index (χ1v) is 11.7. The minimum atomic E-state index is -1.13. The number of amides is 2. The zero-order valence-corrected chi connectivity index (χ0v) is 19.1. The van der Waals surface area contributed by atoms with Crippen LogP contribution in [-0.4, -0.2) is 65.4 Å². The van der Waals surface area contributed by atoms with E-state index in [0.29, 0.717) is 29.8 Å². The molecule has 11 nitrogen and oxygen atoms in total. The maximum Gasteiger partial charge on any atom is 0.335 e. The number of carbonyl (C=O) groups excluding carboxylic acids is 2. The van der Waals surface area contributed by atoms with Crippen molar-refractivity contribution < 1.29 is 24.2 Å². The lowest BCUT2D eigenvalue weighted by atomic mass is 10.2. The zero-order valence-electron chi connectivity index (χ0n) is 18.3. The molecule has 2 aliphatic heterocycles. The predicted octanol–water partition coefficient (Wildman–Crippen LogP) is 1.98. The van der Waals surface area contributed by atoms with Crippen LogP contribution in [0.1, 0.15) is 29.6 Å². The maximum atomic E-state index is 13.2. The molecule has 2 aliphatic rings. The van der Waals surface area contributed by atoms with Gasteiger partial charge in [-0.05, 0) is 37.1 Å². The number of carbonyl (C=O) groups is 3. The van der Waals surface area contributed by atoms with E-state index in [1.807, 2.05) is 23.9 Å². The van der Waals surface area contributed by atoms with Crippen molar-refractivity contribution in [3.8, 4) is 11.5 Å². The molecule has 2 amide bonds. The van der Waals surface area contributed by atoms with Gasteiger partial charge < -0.3 is 9.84 Å². The van der Waals surface area contributed by atoms with E-state index in [0.717, 1.165) is 17.7 Å². The Morgan fingerprint density at radius 2 is 2.12 bits per heavy atom. The van der Waals surface area contributed by atoms with Gasteiger partial charge in [0, 0.05) is 26.3 Å². The van der Waals surface area contributed by atoms with Crippen molar-refractivity contribution in [3.05, 3.63) is 42.1 Å². The molecule has 2 fully saturated rings. The van der Waals surface area contributed by atoms with E-state index in [-0.39, 0.29) is 29.7 Å². The van der Waals surface area contributed by atoms with E-state index < -0.39 is 17.1 Å². The highest BCUT2D eigenvalue weighted by atomic mass is 32.2. The average molecular weight is 483 g/mol. The maximum absolute atomic E-state index is 13.2. The lowest BCUT2D eigenvalue weighted by Gasteiger charge is -2.16.